The first-order chi connectivity index (χ1) is 7.34. The molecule has 0 fully saturated rings. The van der Waals surface area contributed by atoms with Crippen molar-refractivity contribution >= 4 is 15.9 Å². The Balaban J connectivity index is 2.70. The maximum Gasteiger partial charge on any atom is 0.154 e. The molecule has 2 N–H and O–H groups in total. The van der Waals surface area contributed by atoms with Crippen LogP contribution >= 0.6 is 15.9 Å². The van der Waals surface area contributed by atoms with Crippen molar-refractivity contribution in [2.24, 2.45) is 7.05 Å². The molecule has 0 aliphatic heterocycles. The normalized spacial score (nSPS) is 15.4. The topological polar surface area (TPSA) is 63.0 Å². The summed E-state index contributed by atoms with van der Waals surface area (Å²) in [5, 5.41) is 21.4. The van der Waals surface area contributed by atoms with Gasteiger partial charge in [0.25, 0.3) is 0 Å². The Kier molecular flexibility index (Phi) is 4.46. The van der Waals surface area contributed by atoms with Gasteiger partial charge in [-0.3, -0.25) is 0 Å². The number of hydrogen-bond donors (Lipinski definition) is 2. The highest BCUT2D eigenvalue weighted by Crippen LogP contribution is 2.28. The molecule has 0 radical (unpaired) electrons. The molecule has 92 valence electrons. The number of aryl methyl sites for hydroxylation is 1. The van der Waals surface area contributed by atoms with E-state index in [1.807, 2.05) is 0 Å². The molecule has 6 heteroatoms. The van der Waals surface area contributed by atoms with E-state index in [1.54, 1.807) is 18.7 Å². The number of aliphatic hydroxyl groups is 1. The predicted octanol–water partition coefficient (Wildman–Crippen LogP) is 1.17. The Morgan fingerprint density at radius 2 is 2.19 bits per heavy atom. The lowest BCUT2D eigenvalue weighted by atomic mass is 9.98. The van der Waals surface area contributed by atoms with Crippen LogP contribution in [0, 0.1) is 0 Å². The summed E-state index contributed by atoms with van der Waals surface area (Å²) in [5.41, 5.74) is -0.225. The summed E-state index contributed by atoms with van der Waals surface area (Å²) in [6.45, 7) is 6.69. The average Bonchev–Trinajstić information content (AvgIpc) is 2.45. The zero-order valence-corrected chi connectivity index (χ0v) is 11.7. The lowest BCUT2D eigenvalue weighted by molar-refractivity contribution is 0.0384. The van der Waals surface area contributed by atoms with Crippen molar-refractivity contribution in [1.29, 1.82) is 0 Å². The first kappa shape index (κ1) is 13.6. The van der Waals surface area contributed by atoms with Gasteiger partial charge in [-0.05, 0) is 35.8 Å². The van der Waals surface area contributed by atoms with E-state index in [-0.39, 0.29) is 0 Å². The molecule has 0 saturated carbocycles. The Morgan fingerprint density at radius 3 is 2.62 bits per heavy atom. The fourth-order valence-electron chi connectivity index (χ4n) is 1.63. The third-order valence-electron chi connectivity index (χ3n) is 2.46. The molecular formula is C10H19BrN4O. The molecule has 1 aromatic heterocycles. The zero-order chi connectivity index (χ0) is 12.3. The van der Waals surface area contributed by atoms with E-state index in [4.69, 9.17) is 0 Å². The maximum atomic E-state index is 10.4. The van der Waals surface area contributed by atoms with Crippen LogP contribution in [0.1, 0.15) is 32.9 Å². The highest BCUT2D eigenvalue weighted by molar-refractivity contribution is 9.10. The molecule has 1 aromatic rings. The van der Waals surface area contributed by atoms with E-state index in [0.29, 0.717) is 22.8 Å². The van der Waals surface area contributed by atoms with Crippen LogP contribution in [0.5, 0.6) is 0 Å². The van der Waals surface area contributed by atoms with Gasteiger partial charge in [0.2, 0.25) is 0 Å². The van der Waals surface area contributed by atoms with E-state index >= 15 is 0 Å². The van der Waals surface area contributed by atoms with Crippen molar-refractivity contribution in [3.05, 3.63) is 10.3 Å². The summed E-state index contributed by atoms with van der Waals surface area (Å²) in [6.07, 6.45) is 0.616. The molecule has 1 atom stereocenters. The maximum absolute atomic E-state index is 10.4. The number of rotatable bonds is 5. The molecule has 0 spiro atoms. The van der Waals surface area contributed by atoms with Gasteiger partial charge in [0.1, 0.15) is 11.3 Å². The second-order valence-electron chi connectivity index (χ2n) is 4.49. The second-order valence-corrected chi connectivity index (χ2v) is 5.24. The first-order valence-corrected chi connectivity index (χ1v) is 6.15. The molecule has 1 heterocycles. The molecule has 1 rings (SSSR count). The van der Waals surface area contributed by atoms with Gasteiger partial charge in [-0.2, -0.15) is 0 Å². The van der Waals surface area contributed by atoms with Gasteiger partial charge in [0, 0.05) is 13.1 Å². The van der Waals surface area contributed by atoms with Crippen LogP contribution in [0.15, 0.2) is 4.60 Å². The Labute approximate surface area is 104 Å². The van der Waals surface area contributed by atoms with Gasteiger partial charge >= 0.3 is 0 Å². The smallest absolute Gasteiger partial charge is 0.154 e. The summed E-state index contributed by atoms with van der Waals surface area (Å²) < 4.78 is 2.20. The number of halogens is 1. The molecule has 0 aliphatic rings. The minimum absolute atomic E-state index is 0.420. The van der Waals surface area contributed by atoms with Crippen molar-refractivity contribution in [2.75, 3.05) is 6.54 Å². The number of hydrogen-bond acceptors (Lipinski definition) is 4. The molecule has 0 amide bonds. The van der Waals surface area contributed by atoms with Crippen molar-refractivity contribution in [1.82, 2.24) is 20.3 Å². The summed E-state index contributed by atoms with van der Waals surface area (Å²) in [7, 11) is 1.78. The van der Waals surface area contributed by atoms with Crippen LogP contribution in [-0.4, -0.2) is 32.7 Å². The molecule has 0 bridgehead atoms. The van der Waals surface area contributed by atoms with Gasteiger partial charge in [-0.25, -0.2) is 4.68 Å². The standard InChI is InChI=1S/C10H19BrN4O/c1-7(2)12-6-5-10(3,16)8-9(11)13-14-15(8)4/h7,12,16H,5-6H2,1-4H3. The van der Waals surface area contributed by atoms with Gasteiger partial charge in [0.15, 0.2) is 4.60 Å². The van der Waals surface area contributed by atoms with E-state index < -0.39 is 5.60 Å². The summed E-state index contributed by atoms with van der Waals surface area (Å²) in [5.74, 6) is 0. The molecule has 5 nitrogen and oxygen atoms in total. The molecule has 0 aliphatic carbocycles. The van der Waals surface area contributed by atoms with Crippen LogP contribution in [0.4, 0.5) is 0 Å². The van der Waals surface area contributed by atoms with Crippen LogP contribution in [0.3, 0.4) is 0 Å². The third-order valence-corrected chi connectivity index (χ3v) is 2.99. The summed E-state index contributed by atoms with van der Waals surface area (Å²) in [6, 6.07) is 0.420. The zero-order valence-electron chi connectivity index (χ0n) is 10.2. The van der Waals surface area contributed by atoms with Gasteiger partial charge in [-0.1, -0.05) is 19.1 Å². The minimum Gasteiger partial charge on any atom is -0.384 e. The Bertz CT molecular complexity index is 329. The molecule has 16 heavy (non-hydrogen) atoms. The van der Waals surface area contributed by atoms with Crippen molar-refractivity contribution in [3.8, 4) is 0 Å². The van der Waals surface area contributed by atoms with E-state index in [2.05, 4.69) is 45.4 Å². The summed E-state index contributed by atoms with van der Waals surface area (Å²) in [4.78, 5) is 0. The monoisotopic (exact) mass is 290 g/mol. The van der Waals surface area contributed by atoms with Crippen LogP contribution in [-0.2, 0) is 12.6 Å². The fraction of sp³-hybridized carbons (Fsp3) is 0.800. The largest absolute Gasteiger partial charge is 0.384 e. The van der Waals surface area contributed by atoms with Gasteiger partial charge in [0.05, 0.1) is 0 Å². The SMILES string of the molecule is CC(C)NCCC(C)(O)c1c(Br)nnn1C. The minimum atomic E-state index is -0.932. The van der Waals surface area contributed by atoms with E-state index in [0.717, 1.165) is 6.54 Å². The lowest BCUT2D eigenvalue weighted by Gasteiger charge is -2.24. The van der Waals surface area contributed by atoms with Crippen LogP contribution in [0.2, 0.25) is 0 Å². The summed E-state index contributed by atoms with van der Waals surface area (Å²) >= 11 is 3.30. The number of aromatic nitrogens is 3. The molecule has 1 unspecified atom stereocenters. The Morgan fingerprint density at radius 1 is 1.56 bits per heavy atom. The highest BCUT2D eigenvalue weighted by Gasteiger charge is 2.29. The predicted molar refractivity (Wildman–Crippen MR) is 66.0 cm³/mol. The lowest BCUT2D eigenvalue weighted by Crippen LogP contribution is -2.32. The first-order valence-electron chi connectivity index (χ1n) is 5.36. The quantitative estimate of drug-likeness (QED) is 0.855. The Hall–Kier alpha value is -0.460. The van der Waals surface area contributed by atoms with Crippen molar-refractivity contribution in [2.45, 2.75) is 38.8 Å². The molecular weight excluding hydrogens is 272 g/mol. The van der Waals surface area contributed by atoms with Crippen molar-refractivity contribution in [3.63, 3.8) is 0 Å². The van der Waals surface area contributed by atoms with E-state index in [9.17, 15) is 5.11 Å². The number of nitrogens with one attached hydrogen (secondary N) is 1. The highest BCUT2D eigenvalue weighted by atomic mass is 79.9. The van der Waals surface area contributed by atoms with Crippen LogP contribution in [0.25, 0.3) is 0 Å². The number of nitrogens with zero attached hydrogens (tertiary/aromatic N) is 3. The van der Waals surface area contributed by atoms with Gasteiger partial charge in [-0.15, -0.1) is 5.10 Å². The average molecular weight is 291 g/mol. The van der Waals surface area contributed by atoms with Gasteiger partial charge < -0.3 is 10.4 Å². The van der Waals surface area contributed by atoms with Crippen LogP contribution < -0.4 is 5.32 Å². The fourth-order valence-corrected chi connectivity index (χ4v) is 2.38. The van der Waals surface area contributed by atoms with Crippen molar-refractivity contribution < 1.29 is 5.11 Å². The second kappa shape index (κ2) is 5.25. The molecule has 0 saturated heterocycles. The van der Waals surface area contributed by atoms with E-state index in [1.165, 1.54) is 0 Å². The molecule has 0 aromatic carbocycles. The third kappa shape index (κ3) is 3.26.